The van der Waals surface area contributed by atoms with Crippen LogP contribution >= 0.6 is 11.6 Å². The van der Waals surface area contributed by atoms with Gasteiger partial charge in [-0.15, -0.1) is 0 Å². The smallest absolute Gasteiger partial charge is 0.317 e. The van der Waals surface area contributed by atoms with Gasteiger partial charge in [-0.3, -0.25) is 0 Å². The maximum Gasteiger partial charge on any atom is 0.317 e. The molecule has 2 aromatic rings. The summed E-state index contributed by atoms with van der Waals surface area (Å²) < 4.78 is 23.0. The van der Waals surface area contributed by atoms with Gasteiger partial charge in [-0.1, -0.05) is 11.6 Å². The number of nitrogens with one attached hydrogen (secondary N) is 2. The molecule has 1 saturated heterocycles. The SMILES string of the molecule is CN(C(=O)NCc1cc2cc(Cl)ccc2[nH]1)C1CCS(=O)(=O)CC1. The molecule has 2 amide bonds. The van der Waals surface area contributed by atoms with Crippen LogP contribution in [0.1, 0.15) is 18.5 Å². The summed E-state index contributed by atoms with van der Waals surface area (Å²) in [6.45, 7) is 0.375. The predicted octanol–water partition coefficient (Wildman–Crippen LogP) is 2.54. The fraction of sp³-hybridized carbons (Fsp3) is 0.438. The summed E-state index contributed by atoms with van der Waals surface area (Å²) in [6.07, 6.45) is 0.994. The molecule has 1 aliphatic heterocycles. The Kier molecular flexibility index (Phi) is 4.73. The lowest BCUT2D eigenvalue weighted by Crippen LogP contribution is -2.46. The lowest BCUT2D eigenvalue weighted by Gasteiger charge is -2.31. The van der Waals surface area contributed by atoms with Crippen molar-refractivity contribution < 1.29 is 13.2 Å². The topological polar surface area (TPSA) is 82.3 Å². The number of aromatic amines is 1. The standard InChI is InChI=1S/C16H20ClN3O3S/c1-20(14-4-6-24(22,23)7-5-14)16(21)18-10-13-9-11-8-12(17)2-3-15(11)19-13/h2-3,8-9,14,19H,4-7,10H2,1H3,(H,18,21). The Morgan fingerprint density at radius 1 is 1.33 bits per heavy atom. The molecule has 1 aromatic carbocycles. The average molecular weight is 370 g/mol. The van der Waals surface area contributed by atoms with E-state index in [1.165, 1.54) is 0 Å². The van der Waals surface area contributed by atoms with Gasteiger partial charge in [0, 0.05) is 34.7 Å². The van der Waals surface area contributed by atoms with E-state index < -0.39 is 9.84 Å². The quantitative estimate of drug-likeness (QED) is 0.872. The van der Waals surface area contributed by atoms with Gasteiger partial charge in [0.2, 0.25) is 0 Å². The fourth-order valence-corrected chi connectivity index (χ4v) is 4.63. The average Bonchev–Trinajstić information content (AvgIpc) is 2.94. The van der Waals surface area contributed by atoms with Crippen LogP contribution in [0.2, 0.25) is 5.02 Å². The number of hydrogen-bond donors (Lipinski definition) is 2. The maximum absolute atomic E-state index is 12.3. The first-order chi connectivity index (χ1) is 11.3. The van der Waals surface area contributed by atoms with E-state index >= 15 is 0 Å². The van der Waals surface area contributed by atoms with E-state index in [0.29, 0.717) is 24.4 Å². The summed E-state index contributed by atoms with van der Waals surface area (Å²) in [5.74, 6) is 0.302. The normalized spacial score (nSPS) is 17.8. The van der Waals surface area contributed by atoms with Crippen molar-refractivity contribution in [3.8, 4) is 0 Å². The van der Waals surface area contributed by atoms with Crippen LogP contribution in [0.3, 0.4) is 0 Å². The van der Waals surface area contributed by atoms with E-state index in [2.05, 4.69) is 10.3 Å². The molecule has 0 unspecified atom stereocenters. The van der Waals surface area contributed by atoms with Gasteiger partial charge in [-0.25, -0.2) is 13.2 Å². The molecule has 0 atom stereocenters. The Hall–Kier alpha value is -1.73. The van der Waals surface area contributed by atoms with Crippen molar-refractivity contribution in [3.63, 3.8) is 0 Å². The van der Waals surface area contributed by atoms with Gasteiger partial charge >= 0.3 is 6.03 Å². The Morgan fingerprint density at radius 2 is 2.04 bits per heavy atom. The summed E-state index contributed by atoms with van der Waals surface area (Å²) in [4.78, 5) is 17.1. The number of sulfone groups is 1. The highest BCUT2D eigenvalue weighted by Crippen LogP contribution is 2.20. The molecule has 2 N–H and O–H groups in total. The van der Waals surface area contributed by atoms with Gasteiger partial charge in [0.1, 0.15) is 9.84 Å². The lowest BCUT2D eigenvalue weighted by molar-refractivity contribution is 0.185. The number of fused-ring (bicyclic) bond motifs is 1. The van der Waals surface area contributed by atoms with E-state index in [9.17, 15) is 13.2 Å². The van der Waals surface area contributed by atoms with Gasteiger partial charge in [0.25, 0.3) is 0 Å². The highest BCUT2D eigenvalue weighted by Gasteiger charge is 2.28. The first-order valence-electron chi connectivity index (χ1n) is 7.82. The van der Waals surface area contributed by atoms with Crippen LogP contribution in [0.4, 0.5) is 4.79 Å². The first kappa shape index (κ1) is 17.1. The molecular formula is C16H20ClN3O3S. The number of halogens is 1. The van der Waals surface area contributed by atoms with E-state index in [0.717, 1.165) is 16.6 Å². The van der Waals surface area contributed by atoms with Gasteiger partial charge in [-0.05, 0) is 37.1 Å². The molecule has 0 bridgehead atoms. The minimum Gasteiger partial charge on any atom is -0.357 e. The zero-order valence-electron chi connectivity index (χ0n) is 13.4. The molecule has 24 heavy (non-hydrogen) atoms. The molecule has 0 aliphatic carbocycles. The molecule has 1 aromatic heterocycles. The van der Waals surface area contributed by atoms with Crippen LogP contribution in [-0.4, -0.2) is 48.9 Å². The van der Waals surface area contributed by atoms with Crippen molar-refractivity contribution in [3.05, 3.63) is 35.0 Å². The van der Waals surface area contributed by atoms with Crippen molar-refractivity contribution in [2.24, 2.45) is 0 Å². The van der Waals surface area contributed by atoms with E-state index in [1.54, 1.807) is 11.9 Å². The summed E-state index contributed by atoms with van der Waals surface area (Å²) in [6, 6.07) is 7.30. The maximum atomic E-state index is 12.3. The molecule has 0 spiro atoms. The number of aromatic nitrogens is 1. The fourth-order valence-electron chi connectivity index (χ4n) is 2.99. The second-order valence-corrected chi connectivity index (χ2v) is 8.92. The highest BCUT2D eigenvalue weighted by atomic mass is 35.5. The third kappa shape index (κ3) is 3.84. The van der Waals surface area contributed by atoms with E-state index in [1.807, 2.05) is 24.3 Å². The molecule has 3 rings (SSSR count). The molecule has 0 radical (unpaired) electrons. The molecule has 1 aliphatic rings. The number of benzene rings is 1. The molecule has 130 valence electrons. The Balaban J connectivity index is 1.58. The Morgan fingerprint density at radius 3 is 2.75 bits per heavy atom. The first-order valence-corrected chi connectivity index (χ1v) is 10.0. The van der Waals surface area contributed by atoms with Gasteiger partial charge in [0.15, 0.2) is 0 Å². The van der Waals surface area contributed by atoms with Crippen LogP contribution in [0.15, 0.2) is 24.3 Å². The third-order valence-corrected chi connectivity index (χ3v) is 6.41. The van der Waals surface area contributed by atoms with Gasteiger partial charge in [-0.2, -0.15) is 0 Å². The summed E-state index contributed by atoms with van der Waals surface area (Å²) in [5, 5.41) is 4.53. The third-order valence-electron chi connectivity index (χ3n) is 4.46. The van der Waals surface area contributed by atoms with Crippen molar-refractivity contribution in [2.45, 2.75) is 25.4 Å². The summed E-state index contributed by atoms with van der Waals surface area (Å²) in [7, 11) is -1.21. The van der Waals surface area contributed by atoms with Crippen molar-refractivity contribution in [1.82, 2.24) is 15.2 Å². The number of carbonyl (C=O) groups excluding carboxylic acids is 1. The largest absolute Gasteiger partial charge is 0.357 e. The second-order valence-electron chi connectivity index (χ2n) is 6.18. The van der Waals surface area contributed by atoms with Crippen LogP contribution in [-0.2, 0) is 16.4 Å². The number of H-pyrrole nitrogens is 1. The second kappa shape index (κ2) is 6.64. The van der Waals surface area contributed by atoms with Crippen molar-refractivity contribution in [2.75, 3.05) is 18.6 Å². The van der Waals surface area contributed by atoms with E-state index in [-0.39, 0.29) is 23.6 Å². The number of nitrogens with zero attached hydrogens (tertiary/aromatic N) is 1. The number of carbonyl (C=O) groups is 1. The highest BCUT2D eigenvalue weighted by molar-refractivity contribution is 7.91. The van der Waals surface area contributed by atoms with Crippen LogP contribution in [0, 0.1) is 0 Å². The molecule has 6 nitrogen and oxygen atoms in total. The van der Waals surface area contributed by atoms with Crippen LogP contribution < -0.4 is 5.32 Å². The molecule has 1 fully saturated rings. The molecular weight excluding hydrogens is 350 g/mol. The molecule has 8 heteroatoms. The number of urea groups is 1. The Labute approximate surface area is 146 Å². The molecule has 2 heterocycles. The zero-order chi connectivity index (χ0) is 17.3. The van der Waals surface area contributed by atoms with Crippen molar-refractivity contribution in [1.29, 1.82) is 0 Å². The van der Waals surface area contributed by atoms with E-state index in [4.69, 9.17) is 11.6 Å². The predicted molar refractivity (Wildman–Crippen MR) is 95.0 cm³/mol. The minimum atomic E-state index is -2.92. The van der Waals surface area contributed by atoms with Gasteiger partial charge < -0.3 is 15.2 Å². The Bertz CT molecular complexity index is 849. The monoisotopic (exact) mass is 369 g/mol. The lowest BCUT2D eigenvalue weighted by atomic mass is 10.1. The number of hydrogen-bond acceptors (Lipinski definition) is 3. The summed E-state index contributed by atoms with van der Waals surface area (Å²) in [5.41, 5.74) is 1.86. The van der Waals surface area contributed by atoms with Crippen molar-refractivity contribution >= 4 is 38.4 Å². The van der Waals surface area contributed by atoms with Gasteiger partial charge in [0.05, 0.1) is 18.1 Å². The van der Waals surface area contributed by atoms with Crippen LogP contribution in [0.25, 0.3) is 10.9 Å². The minimum absolute atomic E-state index is 0.0324. The number of amides is 2. The molecule has 0 saturated carbocycles. The number of rotatable bonds is 3. The summed E-state index contributed by atoms with van der Waals surface area (Å²) >= 11 is 5.97. The van der Waals surface area contributed by atoms with Crippen LogP contribution in [0.5, 0.6) is 0 Å². The zero-order valence-corrected chi connectivity index (χ0v) is 15.0.